The fourth-order valence-electron chi connectivity index (χ4n) is 3.78. The van der Waals surface area contributed by atoms with Gasteiger partial charge in [-0.1, -0.05) is 36.4 Å². The van der Waals surface area contributed by atoms with Gasteiger partial charge in [0.05, 0.1) is 0 Å². The van der Waals surface area contributed by atoms with Gasteiger partial charge in [-0.25, -0.2) is 4.79 Å². The Morgan fingerprint density at radius 3 is 2.00 bits per heavy atom. The molecule has 4 heteroatoms. The molecule has 4 nitrogen and oxygen atoms in total. The number of benzene rings is 2. The van der Waals surface area contributed by atoms with Crippen molar-refractivity contribution in [1.82, 2.24) is 9.38 Å². The zero-order valence-electron chi connectivity index (χ0n) is 15.6. The third-order valence-electron chi connectivity index (χ3n) is 5.20. The largest absolute Gasteiger partial charge is 0.368 e. The third kappa shape index (κ3) is 4.04. The van der Waals surface area contributed by atoms with E-state index >= 15 is 0 Å². The smallest absolute Gasteiger partial charge is 0.349 e. The highest BCUT2D eigenvalue weighted by molar-refractivity contribution is 5.95. The second kappa shape index (κ2) is 9.08. The molecule has 0 bridgehead atoms. The first-order valence-corrected chi connectivity index (χ1v) is 9.60. The van der Waals surface area contributed by atoms with E-state index in [1.54, 1.807) is 0 Å². The maximum absolute atomic E-state index is 13.5. The molecule has 0 saturated carbocycles. The maximum atomic E-state index is 13.5. The van der Waals surface area contributed by atoms with Crippen molar-refractivity contribution in [2.75, 3.05) is 39.4 Å². The number of rotatable bonds is 8. The number of quaternary nitrogens is 1. The Balaban J connectivity index is 2.02. The number of para-hydroxylation sites is 2. The topological polar surface area (TPSA) is 29.5 Å². The standard InChI is InChI=1S/C22H29N2O2/c1-2-26-19-22(25)24(20-11-5-3-6-12-20,21-13-7-4-8-14-21)18-17-23-15-9-10-16-23/h3-8,11-14H,2,9-10,15-19H2,1H3/q+1. The molecule has 138 valence electrons. The Bertz CT molecular complexity index is 642. The van der Waals surface area contributed by atoms with Crippen LogP contribution in [-0.4, -0.2) is 50.2 Å². The number of amides is 1. The van der Waals surface area contributed by atoms with Gasteiger partial charge in [0.15, 0.2) is 6.61 Å². The van der Waals surface area contributed by atoms with Crippen LogP contribution in [0.2, 0.25) is 0 Å². The predicted octanol–water partition coefficient (Wildman–Crippen LogP) is 3.98. The van der Waals surface area contributed by atoms with Crippen LogP contribution in [0.3, 0.4) is 0 Å². The van der Waals surface area contributed by atoms with E-state index in [0.29, 0.717) is 6.61 Å². The number of hydrogen-bond donors (Lipinski definition) is 0. The second-order valence-corrected chi connectivity index (χ2v) is 6.78. The highest BCUT2D eigenvalue weighted by atomic mass is 16.5. The van der Waals surface area contributed by atoms with E-state index in [0.717, 1.165) is 37.6 Å². The van der Waals surface area contributed by atoms with Crippen molar-refractivity contribution in [1.29, 1.82) is 0 Å². The molecule has 0 aromatic heterocycles. The minimum atomic E-state index is 0.0865. The summed E-state index contributed by atoms with van der Waals surface area (Å²) in [6.07, 6.45) is 2.51. The molecule has 1 saturated heterocycles. The van der Waals surface area contributed by atoms with Crippen LogP contribution in [0.1, 0.15) is 19.8 Å². The molecule has 2 aromatic rings. The molecule has 1 heterocycles. The van der Waals surface area contributed by atoms with E-state index < -0.39 is 0 Å². The summed E-state index contributed by atoms with van der Waals surface area (Å²) >= 11 is 0. The van der Waals surface area contributed by atoms with Gasteiger partial charge in [-0.15, -0.1) is 0 Å². The predicted molar refractivity (Wildman–Crippen MR) is 106 cm³/mol. The van der Waals surface area contributed by atoms with Gasteiger partial charge in [0.2, 0.25) is 0 Å². The van der Waals surface area contributed by atoms with Crippen LogP contribution >= 0.6 is 0 Å². The average Bonchev–Trinajstić information content (AvgIpc) is 3.22. The van der Waals surface area contributed by atoms with Crippen molar-refractivity contribution in [3.05, 3.63) is 60.7 Å². The summed E-state index contributed by atoms with van der Waals surface area (Å²) in [5.74, 6) is 0.0865. The van der Waals surface area contributed by atoms with Crippen LogP contribution in [-0.2, 0) is 9.53 Å². The average molecular weight is 353 g/mol. The quantitative estimate of drug-likeness (QED) is 0.672. The van der Waals surface area contributed by atoms with E-state index in [-0.39, 0.29) is 17.0 Å². The molecule has 3 rings (SSSR count). The van der Waals surface area contributed by atoms with Crippen molar-refractivity contribution in [3.8, 4) is 0 Å². The summed E-state index contributed by atoms with van der Waals surface area (Å²) in [6.45, 7) is 6.48. The Labute approximate surface area is 156 Å². The van der Waals surface area contributed by atoms with Crippen LogP contribution < -0.4 is 4.48 Å². The lowest BCUT2D eigenvalue weighted by Gasteiger charge is -2.36. The van der Waals surface area contributed by atoms with Crippen LogP contribution in [0.4, 0.5) is 11.4 Å². The summed E-state index contributed by atoms with van der Waals surface area (Å²) in [6, 6.07) is 20.3. The molecule has 1 fully saturated rings. The molecule has 0 aliphatic carbocycles. The summed E-state index contributed by atoms with van der Waals surface area (Å²) in [4.78, 5) is 15.9. The SMILES string of the molecule is CCOCC(=O)[N+](CCN1CCCC1)(c1ccccc1)c1ccccc1. The van der Waals surface area contributed by atoms with Gasteiger partial charge >= 0.3 is 5.91 Å². The van der Waals surface area contributed by atoms with E-state index in [1.807, 2.05) is 43.3 Å². The lowest BCUT2D eigenvalue weighted by molar-refractivity contribution is -0.132. The first-order chi connectivity index (χ1) is 12.8. The van der Waals surface area contributed by atoms with Crippen molar-refractivity contribution in [3.63, 3.8) is 0 Å². The maximum Gasteiger partial charge on any atom is 0.349 e. The van der Waals surface area contributed by atoms with Crippen molar-refractivity contribution in [2.45, 2.75) is 19.8 Å². The monoisotopic (exact) mass is 353 g/mol. The van der Waals surface area contributed by atoms with E-state index in [1.165, 1.54) is 12.8 Å². The van der Waals surface area contributed by atoms with Crippen LogP contribution in [0, 0.1) is 0 Å². The molecular formula is C22H29N2O2+. The van der Waals surface area contributed by atoms with Gasteiger partial charge in [0, 0.05) is 37.4 Å². The van der Waals surface area contributed by atoms with Gasteiger partial charge in [-0.3, -0.25) is 4.90 Å². The van der Waals surface area contributed by atoms with E-state index in [9.17, 15) is 4.79 Å². The first-order valence-electron chi connectivity index (χ1n) is 9.60. The lowest BCUT2D eigenvalue weighted by atomic mass is 10.1. The molecule has 1 amide bonds. The fraction of sp³-hybridized carbons (Fsp3) is 0.409. The highest BCUT2D eigenvalue weighted by Gasteiger charge is 2.41. The van der Waals surface area contributed by atoms with Crippen molar-refractivity contribution in [2.24, 2.45) is 0 Å². The lowest BCUT2D eigenvalue weighted by Crippen LogP contribution is -2.54. The van der Waals surface area contributed by atoms with Crippen LogP contribution in [0.5, 0.6) is 0 Å². The third-order valence-corrected chi connectivity index (χ3v) is 5.20. The molecule has 0 spiro atoms. The molecule has 1 aliphatic heterocycles. The minimum Gasteiger partial charge on any atom is -0.368 e. The number of carbonyl (C=O) groups excluding carboxylic acids is 1. The molecular weight excluding hydrogens is 324 g/mol. The number of carbonyl (C=O) groups is 1. The molecule has 0 radical (unpaired) electrons. The second-order valence-electron chi connectivity index (χ2n) is 6.78. The molecule has 0 unspecified atom stereocenters. The van der Waals surface area contributed by atoms with Crippen molar-refractivity contribution < 1.29 is 9.53 Å². The summed E-state index contributed by atoms with van der Waals surface area (Å²) < 4.78 is 5.74. The van der Waals surface area contributed by atoms with Crippen molar-refractivity contribution >= 4 is 17.3 Å². The molecule has 0 N–H and O–H groups in total. The number of likely N-dealkylation sites (tertiary alicyclic amines) is 1. The number of nitrogens with zero attached hydrogens (tertiary/aromatic N) is 2. The molecule has 1 aliphatic rings. The van der Waals surface area contributed by atoms with Crippen LogP contribution in [0.25, 0.3) is 0 Å². The zero-order valence-corrected chi connectivity index (χ0v) is 15.6. The molecule has 26 heavy (non-hydrogen) atoms. The highest BCUT2D eigenvalue weighted by Crippen LogP contribution is 2.35. The Morgan fingerprint density at radius 2 is 1.50 bits per heavy atom. The van der Waals surface area contributed by atoms with E-state index in [2.05, 4.69) is 29.2 Å². The number of hydrogen-bond acceptors (Lipinski definition) is 3. The Kier molecular flexibility index (Phi) is 6.56. The first kappa shape index (κ1) is 18.8. The zero-order chi connectivity index (χ0) is 18.2. The fourth-order valence-corrected chi connectivity index (χ4v) is 3.78. The molecule has 0 atom stereocenters. The van der Waals surface area contributed by atoms with Gasteiger partial charge < -0.3 is 4.74 Å². The van der Waals surface area contributed by atoms with Gasteiger partial charge in [-0.2, -0.15) is 4.48 Å². The number of ether oxygens (including phenoxy) is 1. The summed E-state index contributed by atoms with van der Waals surface area (Å²) in [5.41, 5.74) is 2.00. The van der Waals surface area contributed by atoms with Crippen LogP contribution in [0.15, 0.2) is 60.7 Å². The normalized spacial score (nSPS) is 15.3. The Hall–Kier alpha value is -2.01. The minimum absolute atomic E-state index is 0.0865. The van der Waals surface area contributed by atoms with Gasteiger partial charge in [-0.05, 0) is 32.9 Å². The Morgan fingerprint density at radius 1 is 0.962 bits per heavy atom. The van der Waals surface area contributed by atoms with Gasteiger partial charge in [0.1, 0.15) is 17.9 Å². The summed E-state index contributed by atoms with van der Waals surface area (Å²) in [5, 5.41) is 0. The molecule has 2 aromatic carbocycles. The summed E-state index contributed by atoms with van der Waals surface area (Å²) in [7, 11) is 0. The van der Waals surface area contributed by atoms with Gasteiger partial charge in [0.25, 0.3) is 0 Å². The van der Waals surface area contributed by atoms with E-state index in [4.69, 9.17) is 4.74 Å².